The number of tetrazole rings is 1. The van der Waals surface area contributed by atoms with E-state index in [0.29, 0.717) is 11.2 Å². The fourth-order valence-corrected chi connectivity index (χ4v) is 4.44. The van der Waals surface area contributed by atoms with E-state index in [1.54, 1.807) is 11.8 Å². The van der Waals surface area contributed by atoms with Gasteiger partial charge in [0.15, 0.2) is 0 Å². The molecule has 2 aromatic rings. The molecule has 0 radical (unpaired) electrons. The largest absolute Gasteiger partial charge is 0.497 e. The Labute approximate surface area is 164 Å². The minimum atomic E-state index is -0.241. The molecule has 1 heterocycles. The number of carbonyl (C=O) groups excluding carboxylic acids is 1. The maximum Gasteiger partial charge on any atom is 0.236 e. The zero-order valence-electron chi connectivity index (χ0n) is 16.2. The van der Waals surface area contributed by atoms with Crippen molar-refractivity contribution in [3.05, 3.63) is 24.3 Å². The number of nitrogens with zero attached hydrogens (tertiary/aromatic N) is 5. The van der Waals surface area contributed by atoms with Gasteiger partial charge >= 0.3 is 0 Å². The quantitative estimate of drug-likeness (QED) is 0.676. The molecule has 1 aliphatic carbocycles. The fraction of sp³-hybridized carbons (Fsp3) is 0.579. The van der Waals surface area contributed by atoms with Crippen molar-refractivity contribution in [2.24, 2.45) is 0 Å². The van der Waals surface area contributed by atoms with E-state index in [9.17, 15) is 4.79 Å². The van der Waals surface area contributed by atoms with Crippen molar-refractivity contribution in [1.82, 2.24) is 25.1 Å². The van der Waals surface area contributed by atoms with Crippen LogP contribution in [0.25, 0.3) is 5.69 Å². The lowest BCUT2D eigenvalue weighted by Gasteiger charge is -2.35. The molecule has 27 heavy (non-hydrogen) atoms. The summed E-state index contributed by atoms with van der Waals surface area (Å²) in [6.07, 6.45) is 5.93. The molecule has 1 atom stereocenters. The van der Waals surface area contributed by atoms with Crippen molar-refractivity contribution >= 4 is 17.7 Å². The lowest BCUT2D eigenvalue weighted by Crippen LogP contribution is -2.44. The van der Waals surface area contributed by atoms with Gasteiger partial charge in [0, 0.05) is 12.6 Å². The minimum Gasteiger partial charge on any atom is -0.497 e. The van der Waals surface area contributed by atoms with E-state index in [0.717, 1.165) is 30.8 Å². The molecule has 1 fully saturated rings. The molecular weight excluding hydrogens is 362 g/mol. The number of thioether (sulfide) groups is 1. The molecule has 1 amide bonds. The molecule has 0 bridgehead atoms. The molecule has 1 aromatic carbocycles. The van der Waals surface area contributed by atoms with Crippen molar-refractivity contribution in [2.75, 3.05) is 13.7 Å². The molecule has 7 nitrogen and oxygen atoms in total. The molecule has 1 saturated carbocycles. The first kappa shape index (κ1) is 19.7. The topological polar surface area (TPSA) is 73.1 Å². The van der Waals surface area contributed by atoms with Gasteiger partial charge in [0.05, 0.1) is 18.0 Å². The van der Waals surface area contributed by atoms with Crippen molar-refractivity contribution in [2.45, 2.75) is 62.4 Å². The summed E-state index contributed by atoms with van der Waals surface area (Å²) in [4.78, 5) is 15.1. The average Bonchev–Trinajstić information content (AvgIpc) is 3.17. The van der Waals surface area contributed by atoms with Crippen LogP contribution in [0.3, 0.4) is 0 Å². The first-order valence-electron chi connectivity index (χ1n) is 9.54. The molecule has 1 unspecified atom stereocenters. The van der Waals surface area contributed by atoms with Gasteiger partial charge in [-0.3, -0.25) is 4.79 Å². The number of aromatic nitrogens is 4. The van der Waals surface area contributed by atoms with Crippen LogP contribution in [0.4, 0.5) is 0 Å². The summed E-state index contributed by atoms with van der Waals surface area (Å²) >= 11 is 1.40. The summed E-state index contributed by atoms with van der Waals surface area (Å²) < 4.78 is 6.85. The Morgan fingerprint density at radius 3 is 2.63 bits per heavy atom. The predicted octanol–water partition coefficient (Wildman–Crippen LogP) is 3.33. The van der Waals surface area contributed by atoms with E-state index in [2.05, 4.69) is 22.4 Å². The molecule has 8 heteroatoms. The standard InChI is InChI=1S/C19H27N5O2S/c1-4-23(15-8-6-5-7-9-15)18(25)14(2)27-19-20-21-22-24(19)16-10-12-17(26-3)13-11-16/h10-15H,4-9H2,1-3H3. The molecule has 146 valence electrons. The van der Waals surface area contributed by atoms with Crippen LogP contribution in [0.2, 0.25) is 0 Å². The SMILES string of the molecule is CCN(C(=O)C(C)Sc1nnnn1-c1ccc(OC)cc1)C1CCCCC1. The Morgan fingerprint density at radius 2 is 2.00 bits per heavy atom. The lowest BCUT2D eigenvalue weighted by atomic mass is 9.94. The third kappa shape index (κ3) is 4.61. The molecule has 0 N–H and O–H groups in total. The number of ether oxygens (including phenoxy) is 1. The number of hydrogen-bond donors (Lipinski definition) is 0. The highest BCUT2D eigenvalue weighted by molar-refractivity contribution is 8.00. The summed E-state index contributed by atoms with van der Waals surface area (Å²) in [5.74, 6) is 0.939. The van der Waals surface area contributed by atoms with Crippen LogP contribution in [0.15, 0.2) is 29.4 Å². The Balaban J connectivity index is 1.71. The Bertz CT molecular complexity index is 743. The number of amides is 1. The van der Waals surface area contributed by atoms with Crippen LogP contribution in [0, 0.1) is 0 Å². The lowest BCUT2D eigenvalue weighted by molar-refractivity contribution is -0.133. The zero-order chi connectivity index (χ0) is 19.2. The van der Waals surface area contributed by atoms with Crippen LogP contribution in [0.5, 0.6) is 5.75 Å². The molecule has 0 saturated heterocycles. The highest BCUT2D eigenvalue weighted by Gasteiger charge is 2.29. The number of benzene rings is 1. The van der Waals surface area contributed by atoms with Crippen LogP contribution >= 0.6 is 11.8 Å². The fourth-order valence-electron chi connectivity index (χ4n) is 3.57. The molecule has 0 aliphatic heterocycles. The van der Waals surface area contributed by atoms with Gasteiger partial charge in [-0.2, -0.15) is 4.68 Å². The summed E-state index contributed by atoms with van der Waals surface area (Å²) in [7, 11) is 1.63. The van der Waals surface area contributed by atoms with Gasteiger partial charge in [-0.05, 0) is 61.4 Å². The van der Waals surface area contributed by atoms with Gasteiger partial charge < -0.3 is 9.64 Å². The van der Waals surface area contributed by atoms with Crippen LogP contribution in [0.1, 0.15) is 46.0 Å². The second-order valence-electron chi connectivity index (χ2n) is 6.75. The number of rotatable bonds is 7. The van der Waals surface area contributed by atoms with Crippen molar-refractivity contribution < 1.29 is 9.53 Å². The number of hydrogen-bond acceptors (Lipinski definition) is 6. The smallest absolute Gasteiger partial charge is 0.236 e. The van der Waals surface area contributed by atoms with Gasteiger partial charge in [0.1, 0.15) is 5.75 Å². The molecule has 1 aromatic heterocycles. The molecular formula is C19H27N5O2S. The Hall–Kier alpha value is -2.09. The van der Waals surface area contributed by atoms with Crippen LogP contribution < -0.4 is 4.74 Å². The summed E-state index contributed by atoms with van der Waals surface area (Å²) in [5, 5.41) is 12.4. The van der Waals surface area contributed by atoms with E-state index in [1.807, 2.05) is 36.1 Å². The van der Waals surface area contributed by atoms with Crippen molar-refractivity contribution in [3.8, 4) is 11.4 Å². The predicted molar refractivity (Wildman–Crippen MR) is 105 cm³/mol. The van der Waals surface area contributed by atoms with E-state index >= 15 is 0 Å². The maximum absolute atomic E-state index is 13.0. The van der Waals surface area contributed by atoms with Crippen molar-refractivity contribution in [3.63, 3.8) is 0 Å². The van der Waals surface area contributed by atoms with Crippen LogP contribution in [-0.2, 0) is 4.79 Å². The van der Waals surface area contributed by atoms with Gasteiger partial charge in [-0.25, -0.2) is 0 Å². The Kier molecular flexibility index (Phi) is 6.71. The highest BCUT2D eigenvalue weighted by atomic mass is 32.2. The molecule has 3 rings (SSSR count). The average molecular weight is 390 g/mol. The van der Waals surface area contributed by atoms with Gasteiger partial charge in [-0.15, -0.1) is 5.10 Å². The monoisotopic (exact) mass is 389 g/mol. The summed E-state index contributed by atoms with van der Waals surface area (Å²) in [6.45, 7) is 4.74. The second-order valence-corrected chi connectivity index (χ2v) is 8.06. The van der Waals surface area contributed by atoms with E-state index in [4.69, 9.17) is 4.74 Å². The van der Waals surface area contributed by atoms with Crippen molar-refractivity contribution in [1.29, 1.82) is 0 Å². The summed E-state index contributed by atoms with van der Waals surface area (Å²) in [5.41, 5.74) is 0.836. The van der Waals surface area contributed by atoms with Crippen LogP contribution in [-0.4, -0.2) is 56.0 Å². The van der Waals surface area contributed by atoms with E-state index in [1.165, 1.54) is 31.0 Å². The van der Waals surface area contributed by atoms with E-state index in [-0.39, 0.29) is 11.2 Å². The minimum absolute atomic E-state index is 0.165. The first-order valence-corrected chi connectivity index (χ1v) is 10.4. The first-order chi connectivity index (χ1) is 13.1. The second kappa shape index (κ2) is 9.21. The molecule has 0 spiro atoms. The number of carbonyl (C=O) groups is 1. The van der Waals surface area contributed by atoms with Gasteiger partial charge in [-0.1, -0.05) is 31.0 Å². The van der Waals surface area contributed by atoms with E-state index < -0.39 is 0 Å². The Morgan fingerprint density at radius 1 is 1.30 bits per heavy atom. The highest BCUT2D eigenvalue weighted by Crippen LogP contribution is 2.28. The van der Waals surface area contributed by atoms with Gasteiger partial charge in [0.2, 0.25) is 11.1 Å². The number of methoxy groups -OCH3 is 1. The van der Waals surface area contributed by atoms with Gasteiger partial charge in [0.25, 0.3) is 0 Å². The third-order valence-corrected chi connectivity index (χ3v) is 6.05. The zero-order valence-corrected chi connectivity index (χ0v) is 17.0. The summed E-state index contributed by atoms with van der Waals surface area (Å²) in [6, 6.07) is 7.89. The normalized spacial score (nSPS) is 16.1. The molecule has 1 aliphatic rings. The maximum atomic E-state index is 13.0. The third-order valence-electron chi connectivity index (χ3n) is 5.03.